The minimum absolute atomic E-state index is 0.0867. The molecule has 1 fully saturated rings. The molecule has 0 aromatic heterocycles. The number of imide groups is 1. The molecule has 0 spiro atoms. The maximum Gasteiger partial charge on any atom is 0.293 e. The van der Waals surface area contributed by atoms with Crippen molar-refractivity contribution in [1.82, 2.24) is 5.32 Å². The van der Waals surface area contributed by atoms with Crippen LogP contribution in [0, 0.1) is 10.1 Å². The number of anilines is 1. The molecule has 1 aliphatic rings. The number of piperidine rings is 1. The Kier molecular flexibility index (Phi) is 3.66. The molecule has 2 rings (SSSR count). The number of halogens is 1. The lowest BCUT2D eigenvalue weighted by atomic mass is 10.1. The minimum atomic E-state index is -0.712. The number of benzene rings is 1. The quantitative estimate of drug-likeness (QED) is 0.497. The highest BCUT2D eigenvalue weighted by Gasteiger charge is 2.29. The third kappa shape index (κ3) is 2.82. The largest absolute Gasteiger partial charge is 0.367 e. The first-order valence-electron chi connectivity index (χ1n) is 5.52. The molecule has 1 aliphatic heterocycles. The second-order valence-electron chi connectivity index (χ2n) is 4.04. The standard InChI is InChI=1S/C11H10ClN3O4/c12-6-2-1-3-8(15(18)19)10(6)13-7-4-5-9(16)14-11(7)17/h1-3,7,13H,4-5H2,(H,14,16,17). The van der Waals surface area contributed by atoms with Gasteiger partial charge in [-0.25, -0.2) is 0 Å². The van der Waals surface area contributed by atoms with Gasteiger partial charge in [-0.1, -0.05) is 17.7 Å². The summed E-state index contributed by atoms with van der Waals surface area (Å²) in [5.41, 5.74) is -0.124. The molecule has 19 heavy (non-hydrogen) atoms. The lowest BCUT2D eigenvalue weighted by Crippen LogP contribution is -2.47. The summed E-state index contributed by atoms with van der Waals surface area (Å²) in [7, 11) is 0. The van der Waals surface area contributed by atoms with Gasteiger partial charge in [0.25, 0.3) is 5.69 Å². The fourth-order valence-electron chi connectivity index (χ4n) is 1.81. The molecular weight excluding hydrogens is 274 g/mol. The van der Waals surface area contributed by atoms with Gasteiger partial charge >= 0.3 is 0 Å². The third-order valence-corrected chi connectivity index (χ3v) is 3.06. The molecule has 8 heteroatoms. The van der Waals surface area contributed by atoms with Crippen molar-refractivity contribution in [2.45, 2.75) is 18.9 Å². The van der Waals surface area contributed by atoms with E-state index in [1.165, 1.54) is 18.2 Å². The van der Waals surface area contributed by atoms with Crippen LogP contribution in [-0.2, 0) is 9.59 Å². The highest BCUT2D eigenvalue weighted by Crippen LogP contribution is 2.33. The molecule has 2 amide bonds. The van der Waals surface area contributed by atoms with Crippen LogP contribution in [0.4, 0.5) is 11.4 Å². The first-order chi connectivity index (χ1) is 8.99. The Morgan fingerprint density at radius 2 is 2.16 bits per heavy atom. The zero-order chi connectivity index (χ0) is 14.0. The van der Waals surface area contributed by atoms with Crippen LogP contribution in [0.15, 0.2) is 18.2 Å². The topological polar surface area (TPSA) is 101 Å². The number of carbonyl (C=O) groups excluding carboxylic acids is 2. The number of para-hydroxylation sites is 1. The van der Waals surface area contributed by atoms with Crippen molar-refractivity contribution in [3.8, 4) is 0 Å². The molecule has 0 bridgehead atoms. The second kappa shape index (κ2) is 5.23. The highest BCUT2D eigenvalue weighted by molar-refractivity contribution is 6.33. The van der Waals surface area contributed by atoms with E-state index in [4.69, 9.17) is 11.6 Å². The minimum Gasteiger partial charge on any atom is -0.367 e. The van der Waals surface area contributed by atoms with E-state index in [0.29, 0.717) is 0 Å². The van der Waals surface area contributed by atoms with E-state index in [1.807, 2.05) is 0 Å². The van der Waals surface area contributed by atoms with Crippen molar-refractivity contribution < 1.29 is 14.5 Å². The fraction of sp³-hybridized carbons (Fsp3) is 0.273. The van der Waals surface area contributed by atoms with Gasteiger partial charge in [0.15, 0.2) is 0 Å². The Balaban J connectivity index is 2.26. The predicted octanol–water partition coefficient (Wildman–Crippen LogP) is 1.47. The summed E-state index contributed by atoms with van der Waals surface area (Å²) in [4.78, 5) is 32.9. The number of nitrogens with zero attached hydrogens (tertiary/aromatic N) is 1. The van der Waals surface area contributed by atoms with Gasteiger partial charge < -0.3 is 5.32 Å². The lowest BCUT2D eigenvalue weighted by molar-refractivity contribution is -0.384. The Morgan fingerprint density at radius 3 is 2.79 bits per heavy atom. The van der Waals surface area contributed by atoms with E-state index < -0.39 is 16.9 Å². The SMILES string of the molecule is O=C1CCC(Nc2c(Cl)cccc2[N+](=O)[O-])C(=O)N1. The van der Waals surface area contributed by atoms with E-state index in [-0.39, 0.29) is 35.1 Å². The van der Waals surface area contributed by atoms with Gasteiger partial charge in [-0.05, 0) is 12.5 Å². The van der Waals surface area contributed by atoms with Crippen molar-refractivity contribution in [2.24, 2.45) is 0 Å². The van der Waals surface area contributed by atoms with Crippen molar-refractivity contribution in [3.63, 3.8) is 0 Å². The summed E-state index contributed by atoms with van der Waals surface area (Å²) in [6.07, 6.45) is 0.453. The predicted molar refractivity (Wildman–Crippen MR) is 67.9 cm³/mol. The number of nitrogens with one attached hydrogen (secondary N) is 2. The van der Waals surface area contributed by atoms with E-state index in [1.54, 1.807) is 0 Å². The average molecular weight is 284 g/mol. The van der Waals surface area contributed by atoms with E-state index in [2.05, 4.69) is 10.6 Å². The van der Waals surface area contributed by atoms with E-state index in [9.17, 15) is 19.7 Å². The van der Waals surface area contributed by atoms with Crippen molar-refractivity contribution in [1.29, 1.82) is 0 Å². The summed E-state index contributed by atoms with van der Waals surface area (Å²) < 4.78 is 0. The summed E-state index contributed by atoms with van der Waals surface area (Å²) in [5, 5.41) is 15.9. The molecule has 0 aliphatic carbocycles. The van der Waals surface area contributed by atoms with Crippen LogP contribution in [0.1, 0.15) is 12.8 Å². The second-order valence-corrected chi connectivity index (χ2v) is 4.45. The maximum absolute atomic E-state index is 11.6. The summed E-state index contributed by atoms with van der Waals surface area (Å²) in [5.74, 6) is -0.859. The molecule has 7 nitrogen and oxygen atoms in total. The van der Waals surface area contributed by atoms with Gasteiger partial charge in [-0.2, -0.15) is 0 Å². The van der Waals surface area contributed by atoms with Crippen LogP contribution in [0.3, 0.4) is 0 Å². The van der Waals surface area contributed by atoms with Crippen LogP contribution in [0.25, 0.3) is 0 Å². The molecular formula is C11H10ClN3O4. The monoisotopic (exact) mass is 283 g/mol. The molecule has 0 radical (unpaired) electrons. The molecule has 1 aromatic carbocycles. The lowest BCUT2D eigenvalue weighted by Gasteiger charge is -2.23. The molecule has 1 aromatic rings. The summed E-state index contributed by atoms with van der Waals surface area (Å²) >= 11 is 5.90. The number of hydrogen-bond donors (Lipinski definition) is 2. The van der Waals surface area contributed by atoms with Crippen molar-refractivity contribution in [3.05, 3.63) is 33.3 Å². The van der Waals surface area contributed by atoms with E-state index >= 15 is 0 Å². The van der Waals surface area contributed by atoms with Crippen LogP contribution in [-0.4, -0.2) is 22.8 Å². The zero-order valence-electron chi connectivity index (χ0n) is 9.68. The molecule has 2 N–H and O–H groups in total. The Labute approximate surface area is 113 Å². The van der Waals surface area contributed by atoms with Gasteiger partial charge in [0, 0.05) is 12.5 Å². The van der Waals surface area contributed by atoms with Crippen LogP contribution < -0.4 is 10.6 Å². The summed E-state index contributed by atoms with van der Waals surface area (Å²) in [6.45, 7) is 0. The first-order valence-corrected chi connectivity index (χ1v) is 5.90. The first kappa shape index (κ1) is 13.3. The molecule has 100 valence electrons. The fourth-order valence-corrected chi connectivity index (χ4v) is 2.04. The highest BCUT2D eigenvalue weighted by atomic mass is 35.5. The Hall–Kier alpha value is -2.15. The number of amides is 2. The average Bonchev–Trinajstić information content (AvgIpc) is 2.34. The maximum atomic E-state index is 11.6. The van der Waals surface area contributed by atoms with Crippen LogP contribution in [0.2, 0.25) is 5.02 Å². The van der Waals surface area contributed by atoms with Crippen molar-refractivity contribution >= 4 is 34.8 Å². The molecule has 0 saturated carbocycles. The van der Waals surface area contributed by atoms with Gasteiger partial charge in [-0.15, -0.1) is 0 Å². The normalized spacial score (nSPS) is 18.9. The van der Waals surface area contributed by atoms with Gasteiger partial charge in [0.2, 0.25) is 11.8 Å². The van der Waals surface area contributed by atoms with Gasteiger partial charge in [-0.3, -0.25) is 25.0 Å². The van der Waals surface area contributed by atoms with Crippen LogP contribution >= 0.6 is 11.6 Å². The smallest absolute Gasteiger partial charge is 0.293 e. The number of nitro groups is 1. The number of nitro benzene ring substituents is 1. The number of hydrogen-bond acceptors (Lipinski definition) is 5. The zero-order valence-corrected chi connectivity index (χ0v) is 10.4. The van der Waals surface area contributed by atoms with Gasteiger partial charge in [0.05, 0.1) is 9.95 Å². The molecule has 1 heterocycles. The van der Waals surface area contributed by atoms with Crippen LogP contribution in [0.5, 0.6) is 0 Å². The third-order valence-electron chi connectivity index (χ3n) is 2.75. The Morgan fingerprint density at radius 1 is 1.42 bits per heavy atom. The van der Waals surface area contributed by atoms with E-state index in [0.717, 1.165) is 0 Å². The number of carbonyl (C=O) groups is 2. The molecule has 1 saturated heterocycles. The molecule has 1 atom stereocenters. The van der Waals surface area contributed by atoms with Crippen molar-refractivity contribution in [2.75, 3.05) is 5.32 Å². The van der Waals surface area contributed by atoms with Gasteiger partial charge in [0.1, 0.15) is 11.7 Å². The Bertz CT molecular complexity index is 561. The summed E-state index contributed by atoms with van der Waals surface area (Å²) in [6, 6.07) is 3.52. The molecule has 1 unspecified atom stereocenters. The number of rotatable bonds is 3.